The normalized spacial score (nSPS) is 17.1. The molecule has 5 rings (SSSR count). The van der Waals surface area contributed by atoms with Gasteiger partial charge in [-0.25, -0.2) is 9.97 Å². The summed E-state index contributed by atoms with van der Waals surface area (Å²) in [7, 11) is 1.60. The maximum absolute atomic E-state index is 5.29. The predicted octanol–water partition coefficient (Wildman–Crippen LogP) is 3.54. The first kappa shape index (κ1) is 17.8. The van der Waals surface area contributed by atoms with Gasteiger partial charge in [0.15, 0.2) is 5.82 Å². The fraction of sp³-hybridized carbons (Fsp3) is 0.333. The predicted molar refractivity (Wildman–Crippen MR) is 109 cm³/mol. The molecule has 8 nitrogen and oxygen atoms in total. The van der Waals surface area contributed by atoms with Crippen LogP contribution in [0, 0.1) is 0 Å². The number of H-pyrrole nitrogens is 1. The van der Waals surface area contributed by atoms with Gasteiger partial charge >= 0.3 is 0 Å². The molecule has 1 aliphatic heterocycles. The third-order valence-electron chi connectivity index (χ3n) is 5.28. The van der Waals surface area contributed by atoms with E-state index in [1.54, 1.807) is 13.3 Å². The van der Waals surface area contributed by atoms with Crippen molar-refractivity contribution in [2.24, 2.45) is 0 Å². The summed E-state index contributed by atoms with van der Waals surface area (Å²) in [6.45, 7) is 2.21. The number of imidazole rings is 1. The van der Waals surface area contributed by atoms with Gasteiger partial charge in [0.25, 0.3) is 5.89 Å². The van der Waals surface area contributed by atoms with E-state index >= 15 is 0 Å². The molecular weight excluding hydrogens is 368 g/mol. The van der Waals surface area contributed by atoms with Crippen LogP contribution in [-0.4, -0.2) is 45.3 Å². The molecule has 0 radical (unpaired) electrons. The quantitative estimate of drug-likeness (QED) is 0.557. The van der Waals surface area contributed by atoms with Crippen LogP contribution in [0.4, 0.5) is 5.82 Å². The van der Waals surface area contributed by atoms with Gasteiger partial charge in [-0.15, -0.1) is 0 Å². The van der Waals surface area contributed by atoms with Gasteiger partial charge in [0.1, 0.15) is 18.2 Å². The van der Waals surface area contributed by atoms with Crippen LogP contribution in [0.3, 0.4) is 0 Å². The summed E-state index contributed by atoms with van der Waals surface area (Å²) >= 11 is 0. The molecule has 3 aromatic heterocycles. The smallest absolute Gasteiger partial charge is 0.259 e. The fourth-order valence-corrected chi connectivity index (χ4v) is 3.83. The number of aromatic nitrogens is 5. The Morgan fingerprint density at radius 3 is 2.97 bits per heavy atom. The van der Waals surface area contributed by atoms with Crippen LogP contribution in [0.5, 0.6) is 0 Å². The second-order valence-electron chi connectivity index (χ2n) is 7.28. The van der Waals surface area contributed by atoms with Gasteiger partial charge in [-0.1, -0.05) is 17.3 Å². The third kappa shape index (κ3) is 3.58. The molecular formula is C21H22N6O2. The number of rotatable bonds is 5. The Morgan fingerprint density at radius 2 is 2.14 bits per heavy atom. The highest BCUT2D eigenvalue weighted by Gasteiger charge is 2.25. The van der Waals surface area contributed by atoms with Gasteiger partial charge < -0.3 is 19.1 Å². The Balaban J connectivity index is 1.32. The van der Waals surface area contributed by atoms with E-state index in [2.05, 4.69) is 31.1 Å². The van der Waals surface area contributed by atoms with Crippen LogP contribution in [0.1, 0.15) is 30.4 Å². The zero-order valence-corrected chi connectivity index (χ0v) is 16.2. The third-order valence-corrected chi connectivity index (χ3v) is 5.28. The Hall–Kier alpha value is -3.26. The average Bonchev–Trinajstić information content (AvgIpc) is 3.41. The molecule has 0 amide bonds. The highest BCUT2D eigenvalue weighted by atomic mass is 16.5. The van der Waals surface area contributed by atoms with E-state index in [4.69, 9.17) is 14.2 Å². The summed E-state index contributed by atoms with van der Waals surface area (Å²) in [6, 6.07) is 12.2. The average molecular weight is 390 g/mol. The number of ether oxygens (including phenoxy) is 1. The second kappa shape index (κ2) is 7.63. The summed E-state index contributed by atoms with van der Waals surface area (Å²) in [6.07, 6.45) is 4.01. The monoisotopic (exact) mass is 390 g/mol. The van der Waals surface area contributed by atoms with E-state index in [0.717, 1.165) is 54.2 Å². The van der Waals surface area contributed by atoms with Gasteiger partial charge in [0, 0.05) is 32.3 Å². The zero-order valence-electron chi connectivity index (χ0n) is 16.2. The first-order valence-corrected chi connectivity index (χ1v) is 9.77. The van der Waals surface area contributed by atoms with E-state index in [0.29, 0.717) is 24.2 Å². The number of nitrogens with zero attached hydrogens (tertiary/aromatic N) is 5. The Labute approximate surface area is 167 Å². The van der Waals surface area contributed by atoms with Gasteiger partial charge in [-0.05, 0) is 37.1 Å². The number of benzene rings is 1. The lowest BCUT2D eigenvalue weighted by Crippen LogP contribution is -2.35. The first-order chi connectivity index (χ1) is 14.3. The van der Waals surface area contributed by atoms with Gasteiger partial charge in [0.2, 0.25) is 0 Å². The molecule has 0 unspecified atom stereocenters. The van der Waals surface area contributed by atoms with Crippen LogP contribution in [-0.2, 0) is 11.3 Å². The number of aromatic amines is 1. The molecule has 0 aliphatic carbocycles. The molecule has 1 atom stereocenters. The number of hydrogen-bond donors (Lipinski definition) is 1. The fourth-order valence-electron chi connectivity index (χ4n) is 3.83. The first-order valence-electron chi connectivity index (χ1n) is 9.77. The number of pyridine rings is 1. The van der Waals surface area contributed by atoms with Crippen molar-refractivity contribution in [2.75, 3.05) is 25.1 Å². The molecule has 1 saturated heterocycles. The van der Waals surface area contributed by atoms with E-state index < -0.39 is 0 Å². The zero-order chi connectivity index (χ0) is 19.6. The van der Waals surface area contributed by atoms with Crippen LogP contribution in [0.25, 0.3) is 22.5 Å². The van der Waals surface area contributed by atoms with E-state index in [-0.39, 0.29) is 0 Å². The van der Waals surface area contributed by atoms with Crippen LogP contribution >= 0.6 is 0 Å². The number of anilines is 1. The highest BCUT2D eigenvalue weighted by Crippen LogP contribution is 2.29. The number of piperidine rings is 1. The topological polar surface area (TPSA) is 93.0 Å². The largest absolute Gasteiger partial charge is 0.377 e. The summed E-state index contributed by atoms with van der Waals surface area (Å²) in [5.74, 6) is 3.35. The Bertz CT molecular complexity index is 1070. The van der Waals surface area contributed by atoms with Crippen molar-refractivity contribution in [3.05, 3.63) is 54.2 Å². The Kier molecular flexibility index (Phi) is 4.69. The molecule has 0 spiro atoms. The molecule has 1 fully saturated rings. The standard InChI is InChI=1S/C21H22N6O2/c1-28-13-18-25-21(29-26-18)14-8-9-19(22-11-14)27-10-4-5-15(12-27)20-23-16-6-2-3-7-17(16)24-20/h2-3,6-9,11,15H,4-5,10,12-13H2,1H3,(H,23,24)/t15-/m1/s1. The van der Waals surface area contributed by atoms with E-state index in [1.165, 1.54) is 0 Å². The van der Waals surface area contributed by atoms with Crippen LogP contribution < -0.4 is 4.90 Å². The lowest BCUT2D eigenvalue weighted by molar-refractivity contribution is 0.174. The minimum Gasteiger partial charge on any atom is -0.377 e. The van der Waals surface area contributed by atoms with Gasteiger partial charge in [-0.3, -0.25) is 0 Å². The molecule has 0 saturated carbocycles. The maximum Gasteiger partial charge on any atom is 0.259 e. The van der Waals surface area contributed by atoms with Crippen molar-refractivity contribution in [1.29, 1.82) is 0 Å². The molecule has 1 N–H and O–H groups in total. The lowest BCUT2D eigenvalue weighted by atomic mass is 9.97. The summed E-state index contributed by atoms with van der Waals surface area (Å²) < 4.78 is 10.3. The highest BCUT2D eigenvalue weighted by molar-refractivity contribution is 5.74. The van der Waals surface area contributed by atoms with Crippen molar-refractivity contribution >= 4 is 16.9 Å². The molecule has 4 aromatic rings. The van der Waals surface area contributed by atoms with Gasteiger partial charge in [-0.2, -0.15) is 4.98 Å². The second-order valence-corrected chi connectivity index (χ2v) is 7.28. The minimum atomic E-state index is 0.325. The molecule has 29 heavy (non-hydrogen) atoms. The van der Waals surface area contributed by atoms with Crippen LogP contribution in [0.15, 0.2) is 47.1 Å². The maximum atomic E-state index is 5.29. The lowest BCUT2D eigenvalue weighted by Gasteiger charge is -2.32. The number of hydrogen-bond acceptors (Lipinski definition) is 7. The van der Waals surface area contributed by atoms with Crippen molar-refractivity contribution < 1.29 is 9.26 Å². The summed E-state index contributed by atoms with van der Waals surface area (Å²) in [5.41, 5.74) is 2.92. The summed E-state index contributed by atoms with van der Waals surface area (Å²) in [5, 5.41) is 3.90. The van der Waals surface area contributed by atoms with Crippen LogP contribution in [0.2, 0.25) is 0 Å². The molecule has 4 heterocycles. The number of fused-ring (bicyclic) bond motifs is 1. The molecule has 0 bridgehead atoms. The van der Waals surface area contributed by atoms with Crippen molar-refractivity contribution in [2.45, 2.75) is 25.4 Å². The van der Waals surface area contributed by atoms with E-state index in [9.17, 15) is 0 Å². The van der Waals surface area contributed by atoms with Crippen molar-refractivity contribution in [1.82, 2.24) is 25.1 Å². The molecule has 1 aliphatic rings. The van der Waals surface area contributed by atoms with Gasteiger partial charge in [0.05, 0.1) is 16.6 Å². The Morgan fingerprint density at radius 1 is 1.21 bits per heavy atom. The molecule has 148 valence electrons. The number of para-hydroxylation sites is 2. The molecule has 8 heteroatoms. The summed E-state index contributed by atoms with van der Waals surface area (Å²) in [4.78, 5) is 19.6. The van der Waals surface area contributed by atoms with E-state index in [1.807, 2.05) is 30.3 Å². The molecule has 1 aromatic carbocycles. The minimum absolute atomic E-state index is 0.325. The van der Waals surface area contributed by atoms with Crippen molar-refractivity contribution in [3.8, 4) is 11.5 Å². The number of methoxy groups -OCH3 is 1. The SMILES string of the molecule is COCc1noc(-c2ccc(N3CCC[C@@H](c4nc5ccccc5[nH]4)C3)nc2)n1. The number of nitrogens with one attached hydrogen (secondary N) is 1. The van der Waals surface area contributed by atoms with Crippen molar-refractivity contribution in [3.63, 3.8) is 0 Å².